The lowest BCUT2D eigenvalue weighted by Crippen LogP contribution is -2.14. The lowest BCUT2D eigenvalue weighted by atomic mass is 10.2. The molecule has 0 atom stereocenters. The summed E-state index contributed by atoms with van der Waals surface area (Å²) in [7, 11) is 0. The van der Waals surface area contributed by atoms with Crippen molar-refractivity contribution in [2.24, 2.45) is 5.84 Å². The number of carbonyl (C=O) groups excluding carboxylic acids is 1. The monoisotopic (exact) mass is 270 g/mol. The van der Waals surface area contributed by atoms with Gasteiger partial charge in [0.25, 0.3) is 5.91 Å². The second-order valence-corrected chi connectivity index (χ2v) is 4.12. The van der Waals surface area contributed by atoms with E-state index in [1.54, 1.807) is 0 Å². The van der Waals surface area contributed by atoms with E-state index >= 15 is 0 Å². The first-order valence-corrected chi connectivity index (χ1v) is 5.57. The Kier molecular flexibility index (Phi) is 3.47. The molecule has 0 fully saturated rings. The molecule has 0 bridgehead atoms. The van der Waals surface area contributed by atoms with Crippen molar-refractivity contribution in [1.82, 2.24) is 14.6 Å². The van der Waals surface area contributed by atoms with Gasteiger partial charge in [-0.3, -0.25) is 4.79 Å². The average molecular weight is 271 g/mol. The molecule has 2 aromatic rings. The van der Waals surface area contributed by atoms with E-state index in [0.717, 1.165) is 11.5 Å². The summed E-state index contributed by atoms with van der Waals surface area (Å²) in [5.41, 5.74) is 2.66. The van der Waals surface area contributed by atoms with E-state index in [0.29, 0.717) is 16.4 Å². The van der Waals surface area contributed by atoms with Crippen LogP contribution >= 0.6 is 23.1 Å². The summed E-state index contributed by atoms with van der Waals surface area (Å²) < 4.78 is 3.63. The van der Waals surface area contributed by atoms with Gasteiger partial charge in [-0.05, 0) is 12.1 Å². The third-order valence-electron chi connectivity index (χ3n) is 1.80. The number of anilines is 2. The van der Waals surface area contributed by atoms with Crippen LogP contribution in [-0.2, 0) is 0 Å². The summed E-state index contributed by atoms with van der Waals surface area (Å²) >= 11 is 6.82. The third-order valence-corrected chi connectivity index (χ3v) is 2.58. The zero-order valence-corrected chi connectivity index (χ0v) is 9.92. The quantitative estimate of drug-likeness (QED) is 0.438. The molecule has 0 aromatic carbocycles. The summed E-state index contributed by atoms with van der Waals surface area (Å²) in [5, 5.41) is 6.94. The molecule has 0 aliphatic rings. The van der Waals surface area contributed by atoms with Crippen LogP contribution < -0.4 is 16.6 Å². The predicted octanol–water partition coefficient (Wildman–Crippen LogP) is 1.12. The lowest BCUT2D eigenvalue weighted by molar-refractivity contribution is 0.102. The molecular weight excluding hydrogens is 264 g/mol. The van der Waals surface area contributed by atoms with Gasteiger partial charge in [-0.2, -0.15) is 0 Å². The van der Waals surface area contributed by atoms with E-state index in [-0.39, 0.29) is 11.1 Å². The maximum Gasteiger partial charge on any atom is 0.256 e. The van der Waals surface area contributed by atoms with Crippen LogP contribution in [0.5, 0.6) is 0 Å². The number of halogens is 1. The minimum absolute atomic E-state index is 0.174. The van der Waals surface area contributed by atoms with Gasteiger partial charge in [-0.15, -0.1) is 5.10 Å². The number of nitrogens with two attached hydrogens (primary N) is 1. The molecule has 0 spiro atoms. The number of carbonyl (C=O) groups is 1. The average Bonchev–Trinajstić information content (AvgIpc) is 2.81. The molecule has 17 heavy (non-hydrogen) atoms. The van der Waals surface area contributed by atoms with E-state index < -0.39 is 0 Å². The minimum Gasteiger partial charge on any atom is -0.311 e. The molecule has 2 aromatic heterocycles. The standard InChI is InChI=1S/C8H7ClN6OS/c9-5-1-4(2-6(12-5)14-10)8(16)13-7-3-11-15-17-7/h1-3H,10H2,(H,12,14)(H,13,16). The van der Waals surface area contributed by atoms with Crippen molar-refractivity contribution in [3.63, 3.8) is 0 Å². The number of nitrogens with one attached hydrogen (secondary N) is 2. The van der Waals surface area contributed by atoms with E-state index in [9.17, 15) is 4.79 Å². The fraction of sp³-hybridized carbons (Fsp3) is 0. The van der Waals surface area contributed by atoms with Gasteiger partial charge in [0.05, 0.1) is 6.20 Å². The molecule has 9 heteroatoms. The zero-order chi connectivity index (χ0) is 12.3. The van der Waals surface area contributed by atoms with Gasteiger partial charge in [0.1, 0.15) is 16.0 Å². The van der Waals surface area contributed by atoms with Crippen molar-refractivity contribution in [3.05, 3.63) is 29.0 Å². The first-order valence-electron chi connectivity index (χ1n) is 4.42. The Morgan fingerprint density at radius 3 is 2.94 bits per heavy atom. The summed E-state index contributed by atoms with van der Waals surface area (Å²) in [6.07, 6.45) is 1.45. The number of nitrogens with zero attached hydrogens (tertiary/aromatic N) is 3. The van der Waals surface area contributed by atoms with E-state index in [1.807, 2.05) is 0 Å². The Hall–Kier alpha value is -1.77. The van der Waals surface area contributed by atoms with Crippen LogP contribution in [0.25, 0.3) is 0 Å². The Labute approximate surface area is 105 Å². The topological polar surface area (TPSA) is 106 Å². The van der Waals surface area contributed by atoms with Crippen molar-refractivity contribution in [3.8, 4) is 0 Å². The molecule has 4 N–H and O–H groups in total. The Bertz CT molecular complexity index is 531. The largest absolute Gasteiger partial charge is 0.311 e. The molecule has 2 heterocycles. The lowest BCUT2D eigenvalue weighted by Gasteiger charge is -2.04. The molecule has 0 aliphatic heterocycles. The predicted molar refractivity (Wildman–Crippen MR) is 64.9 cm³/mol. The second kappa shape index (κ2) is 5.04. The molecule has 0 saturated heterocycles. The van der Waals surface area contributed by atoms with Crippen molar-refractivity contribution in [2.75, 3.05) is 10.7 Å². The molecule has 0 radical (unpaired) electrons. The summed E-state index contributed by atoms with van der Waals surface area (Å²) in [6, 6.07) is 2.92. The Morgan fingerprint density at radius 1 is 1.47 bits per heavy atom. The minimum atomic E-state index is -0.336. The molecule has 0 unspecified atom stereocenters. The summed E-state index contributed by atoms with van der Waals surface area (Å²) in [5.74, 6) is 5.18. The van der Waals surface area contributed by atoms with Gasteiger partial charge in [0, 0.05) is 17.1 Å². The van der Waals surface area contributed by atoms with Crippen molar-refractivity contribution >= 4 is 39.9 Å². The van der Waals surface area contributed by atoms with Crippen LogP contribution in [0.1, 0.15) is 10.4 Å². The number of aromatic nitrogens is 3. The van der Waals surface area contributed by atoms with E-state index in [4.69, 9.17) is 17.4 Å². The fourth-order valence-electron chi connectivity index (χ4n) is 1.11. The molecule has 1 amide bonds. The number of nitrogen functional groups attached to an aromatic ring is 1. The highest BCUT2D eigenvalue weighted by molar-refractivity contribution is 7.10. The highest BCUT2D eigenvalue weighted by atomic mass is 35.5. The van der Waals surface area contributed by atoms with Crippen molar-refractivity contribution in [2.45, 2.75) is 0 Å². The van der Waals surface area contributed by atoms with Crippen LogP contribution in [0.2, 0.25) is 5.15 Å². The molecule has 0 aliphatic carbocycles. The van der Waals surface area contributed by atoms with Crippen LogP contribution in [0.15, 0.2) is 18.3 Å². The highest BCUT2D eigenvalue weighted by Crippen LogP contribution is 2.16. The van der Waals surface area contributed by atoms with Crippen LogP contribution in [0, 0.1) is 0 Å². The number of rotatable bonds is 3. The smallest absolute Gasteiger partial charge is 0.256 e. The number of pyridine rings is 1. The van der Waals surface area contributed by atoms with Gasteiger partial charge >= 0.3 is 0 Å². The molecule has 88 valence electrons. The molecule has 0 saturated carbocycles. The maximum atomic E-state index is 11.8. The molecule has 2 rings (SSSR count). The van der Waals surface area contributed by atoms with Gasteiger partial charge in [0.15, 0.2) is 0 Å². The van der Waals surface area contributed by atoms with E-state index in [2.05, 4.69) is 25.3 Å². The molecule has 7 nitrogen and oxygen atoms in total. The first-order chi connectivity index (χ1) is 8.19. The number of hydrogen-bond donors (Lipinski definition) is 3. The van der Waals surface area contributed by atoms with Gasteiger partial charge in [-0.25, -0.2) is 10.8 Å². The van der Waals surface area contributed by atoms with Gasteiger partial charge < -0.3 is 10.7 Å². The summed E-state index contributed by atoms with van der Waals surface area (Å²) in [6.45, 7) is 0. The normalized spacial score (nSPS) is 10.0. The SMILES string of the molecule is NNc1cc(C(=O)Nc2cnns2)cc(Cl)n1. The Morgan fingerprint density at radius 2 is 2.29 bits per heavy atom. The van der Waals surface area contributed by atoms with Crippen LogP contribution in [-0.4, -0.2) is 20.5 Å². The van der Waals surface area contributed by atoms with Crippen LogP contribution in [0.3, 0.4) is 0 Å². The fourth-order valence-corrected chi connectivity index (χ4v) is 1.73. The summed E-state index contributed by atoms with van der Waals surface area (Å²) in [4.78, 5) is 15.7. The third kappa shape index (κ3) is 2.87. The second-order valence-electron chi connectivity index (χ2n) is 2.94. The number of hydrogen-bond acceptors (Lipinski definition) is 7. The van der Waals surface area contributed by atoms with Gasteiger partial charge in [0.2, 0.25) is 0 Å². The van der Waals surface area contributed by atoms with E-state index in [1.165, 1.54) is 18.3 Å². The highest BCUT2D eigenvalue weighted by Gasteiger charge is 2.10. The molecular formula is C8H7ClN6OS. The Balaban J connectivity index is 2.21. The van der Waals surface area contributed by atoms with Crippen molar-refractivity contribution in [1.29, 1.82) is 0 Å². The zero-order valence-electron chi connectivity index (χ0n) is 8.35. The first kappa shape index (κ1) is 11.7. The number of amides is 1. The van der Waals surface area contributed by atoms with Gasteiger partial charge in [-0.1, -0.05) is 16.1 Å². The van der Waals surface area contributed by atoms with Crippen molar-refractivity contribution < 1.29 is 4.79 Å². The number of hydrazine groups is 1. The maximum absolute atomic E-state index is 11.8. The van der Waals surface area contributed by atoms with Crippen LogP contribution in [0.4, 0.5) is 10.8 Å².